The van der Waals surface area contributed by atoms with Gasteiger partial charge in [0.05, 0.1) is 17.7 Å². The van der Waals surface area contributed by atoms with Gasteiger partial charge in [-0.1, -0.05) is 54.1 Å². The molecule has 4 rings (SSSR count). The molecule has 1 saturated heterocycles. The molecule has 0 atom stereocenters. The molecule has 1 aliphatic rings. The van der Waals surface area contributed by atoms with E-state index >= 15 is 0 Å². The number of amidine groups is 1. The first-order chi connectivity index (χ1) is 15.1. The van der Waals surface area contributed by atoms with Crippen molar-refractivity contribution in [2.75, 3.05) is 7.11 Å². The SMILES string of the molecule is COc1cc(/C=C2\SC(=Nc3ccc(C)cc3)NC2=O)ccc1OCc1ccccc1. The van der Waals surface area contributed by atoms with E-state index in [9.17, 15) is 4.79 Å². The zero-order valence-electron chi connectivity index (χ0n) is 17.3. The lowest BCUT2D eigenvalue weighted by atomic mass is 10.2. The molecule has 0 spiro atoms. The zero-order valence-corrected chi connectivity index (χ0v) is 18.1. The smallest absolute Gasteiger partial charge is 0.264 e. The van der Waals surface area contributed by atoms with Gasteiger partial charge in [0.25, 0.3) is 5.91 Å². The van der Waals surface area contributed by atoms with Crippen molar-refractivity contribution in [1.82, 2.24) is 5.32 Å². The van der Waals surface area contributed by atoms with Crippen molar-refractivity contribution in [3.63, 3.8) is 0 Å². The number of aliphatic imine (C=N–C) groups is 1. The fraction of sp³-hybridized carbons (Fsp3) is 0.120. The highest BCUT2D eigenvalue weighted by Crippen LogP contribution is 2.32. The quantitative estimate of drug-likeness (QED) is 0.527. The summed E-state index contributed by atoms with van der Waals surface area (Å²) in [7, 11) is 1.60. The summed E-state index contributed by atoms with van der Waals surface area (Å²) in [6, 6.07) is 23.4. The summed E-state index contributed by atoms with van der Waals surface area (Å²) in [4.78, 5) is 17.5. The number of hydrogen-bond donors (Lipinski definition) is 1. The maximum atomic E-state index is 12.4. The number of nitrogens with one attached hydrogen (secondary N) is 1. The summed E-state index contributed by atoms with van der Waals surface area (Å²) in [5, 5.41) is 3.38. The lowest BCUT2D eigenvalue weighted by molar-refractivity contribution is -0.115. The number of thioether (sulfide) groups is 1. The first-order valence-electron chi connectivity index (χ1n) is 9.82. The van der Waals surface area contributed by atoms with Gasteiger partial charge in [0, 0.05) is 0 Å². The Hall–Kier alpha value is -3.51. The molecule has 1 fully saturated rings. The predicted octanol–water partition coefficient (Wildman–Crippen LogP) is 5.47. The van der Waals surface area contributed by atoms with E-state index in [1.807, 2.05) is 85.8 Å². The third-order valence-corrected chi connectivity index (χ3v) is 5.55. The van der Waals surface area contributed by atoms with Gasteiger partial charge in [0.15, 0.2) is 16.7 Å². The van der Waals surface area contributed by atoms with Gasteiger partial charge in [-0.25, -0.2) is 4.99 Å². The highest BCUT2D eigenvalue weighted by molar-refractivity contribution is 8.18. The number of rotatable bonds is 6. The summed E-state index contributed by atoms with van der Waals surface area (Å²) in [5.41, 5.74) is 3.89. The number of carbonyl (C=O) groups is 1. The van der Waals surface area contributed by atoms with Gasteiger partial charge in [-0.05, 0) is 60.2 Å². The molecule has 1 amide bonds. The third-order valence-electron chi connectivity index (χ3n) is 4.64. The number of hydrogen-bond acceptors (Lipinski definition) is 5. The van der Waals surface area contributed by atoms with Gasteiger partial charge in [0.2, 0.25) is 0 Å². The number of carbonyl (C=O) groups excluding carboxylic acids is 1. The van der Waals surface area contributed by atoms with E-state index in [0.717, 1.165) is 22.4 Å². The molecule has 1 aliphatic heterocycles. The predicted molar refractivity (Wildman–Crippen MR) is 126 cm³/mol. The molecule has 0 radical (unpaired) electrons. The summed E-state index contributed by atoms with van der Waals surface area (Å²) < 4.78 is 11.4. The lowest BCUT2D eigenvalue weighted by Gasteiger charge is -2.11. The van der Waals surface area contributed by atoms with Crippen LogP contribution in [0.3, 0.4) is 0 Å². The van der Waals surface area contributed by atoms with Crippen molar-refractivity contribution < 1.29 is 14.3 Å². The minimum atomic E-state index is -0.167. The zero-order chi connectivity index (χ0) is 21.6. The van der Waals surface area contributed by atoms with Crippen molar-refractivity contribution in [1.29, 1.82) is 0 Å². The number of benzene rings is 3. The first-order valence-corrected chi connectivity index (χ1v) is 10.6. The summed E-state index contributed by atoms with van der Waals surface area (Å²) in [5.74, 6) is 1.10. The molecular formula is C25H22N2O3S. The molecule has 0 saturated carbocycles. The fourth-order valence-electron chi connectivity index (χ4n) is 3.00. The Kier molecular flexibility index (Phi) is 6.38. The third kappa shape index (κ3) is 5.35. The van der Waals surface area contributed by atoms with Crippen LogP contribution >= 0.6 is 11.8 Å². The maximum absolute atomic E-state index is 12.4. The molecule has 0 aromatic heterocycles. The van der Waals surface area contributed by atoms with Gasteiger partial charge in [0.1, 0.15) is 6.61 Å². The van der Waals surface area contributed by atoms with E-state index in [2.05, 4.69) is 10.3 Å². The van der Waals surface area contributed by atoms with Crippen LogP contribution in [-0.2, 0) is 11.4 Å². The van der Waals surface area contributed by atoms with Crippen LogP contribution in [0.4, 0.5) is 5.69 Å². The fourth-order valence-corrected chi connectivity index (χ4v) is 3.84. The average Bonchev–Trinajstić information content (AvgIpc) is 3.13. The molecular weight excluding hydrogens is 408 g/mol. The van der Waals surface area contributed by atoms with Gasteiger partial charge in [-0.3, -0.25) is 4.79 Å². The van der Waals surface area contributed by atoms with Gasteiger partial charge < -0.3 is 14.8 Å². The maximum Gasteiger partial charge on any atom is 0.264 e. The molecule has 31 heavy (non-hydrogen) atoms. The van der Waals surface area contributed by atoms with Crippen LogP contribution in [0.5, 0.6) is 11.5 Å². The number of amides is 1. The highest BCUT2D eigenvalue weighted by atomic mass is 32.2. The minimum absolute atomic E-state index is 0.167. The Labute approximate surface area is 185 Å². The second kappa shape index (κ2) is 9.53. The number of nitrogens with zero attached hydrogens (tertiary/aromatic N) is 1. The molecule has 5 nitrogen and oxygen atoms in total. The van der Waals surface area contributed by atoms with E-state index in [4.69, 9.17) is 9.47 Å². The Morgan fingerprint density at radius 1 is 1.00 bits per heavy atom. The second-order valence-electron chi connectivity index (χ2n) is 7.00. The number of methoxy groups -OCH3 is 1. The summed E-state index contributed by atoms with van der Waals surface area (Å²) in [6.45, 7) is 2.48. The van der Waals surface area contributed by atoms with Crippen LogP contribution in [0.15, 0.2) is 82.7 Å². The van der Waals surface area contributed by atoms with E-state index in [1.54, 1.807) is 7.11 Å². The van der Waals surface area contributed by atoms with E-state index < -0.39 is 0 Å². The standard InChI is InChI=1S/C25H22N2O3S/c1-17-8-11-20(12-9-17)26-25-27-24(28)23(31-25)15-19-10-13-21(22(14-19)29-2)30-16-18-6-4-3-5-7-18/h3-15H,16H2,1-2H3,(H,26,27,28)/b23-15-. The average molecular weight is 431 g/mol. The molecule has 3 aromatic rings. The van der Waals surface area contributed by atoms with Crippen molar-refractivity contribution in [3.8, 4) is 11.5 Å². The van der Waals surface area contributed by atoms with Crippen LogP contribution in [0.25, 0.3) is 6.08 Å². The van der Waals surface area contributed by atoms with Crippen LogP contribution in [0.1, 0.15) is 16.7 Å². The van der Waals surface area contributed by atoms with Crippen molar-refractivity contribution >= 4 is 34.6 Å². The minimum Gasteiger partial charge on any atom is -0.493 e. The van der Waals surface area contributed by atoms with Crippen molar-refractivity contribution in [3.05, 3.63) is 94.4 Å². The van der Waals surface area contributed by atoms with E-state index in [-0.39, 0.29) is 5.91 Å². The Morgan fingerprint density at radius 3 is 2.52 bits per heavy atom. The Balaban J connectivity index is 1.48. The molecule has 1 N–H and O–H groups in total. The first kappa shape index (κ1) is 20.8. The van der Waals surface area contributed by atoms with E-state index in [1.165, 1.54) is 11.8 Å². The van der Waals surface area contributed by atoms with Crippen LogP contribution in [0, 0.1) is 6.92 Å². The second-order valence-corrected chi connectivity index (χ2v) is 8.03. The Bertz CT molecular complexity index is 1140. The molecule has 156 valence electrons. The lowest BCUT2D eigenvalue weighted by Crippen LogP contribution is -2.19. The highest BCUT2D eigenvalue weighted by Gasteiger charge is 2.24. The molecule has 3 aromatic carbocycles. The number of ether oxygens (including phenoxy) is 2. The largest absolute Gasteiger partial charge is 0.493 e. The van der Waals surface area contributed by atoms with Crippen LogP contribution in [0.2, 0.25) is 0 Å². The monoisotopic (exact) mass is 430 g/mol. The summed E-state index contributed by atoms with van der Waals surface area (Å²) >= 11 is 1.32. The molecule has 6 heteroatoms. The molecule has 0 bridgehead atoms. The van der Waals surface area contributed by atoms with Gasteiger partial charge in [-0.2, -0.15) is 0 Å². The Morgan fingerprint density at radius 2 is 1.77 bits per heavy atom. The van der Waals surface area contributed by atoms with Crippen molar-refractivity contribution in [2.45, 2.75) is 13.5 Å². The van der Waals surface area contributed by atoms with Crippen LogP contribution < -0.4 is 14.8 Å². The normalized spacial score (nSPS) is 15.9. The molecule has 0 unspecified atom stereocenters. The topological polar surface area (TPSA) is 59.9 Å². The summed E-state index contributed by atoms with van der Waals surface area (Å²) in [6.07, 6.45) is 1.82. The van der Waals surface area contributed by atoms with Gasteiger partial charge in [-0.15, -0.1) is 0 Å². The molecule has 0 aliphatic carbocycles. The number of aryl methyl sites for hydroxylation is 1. The van der Waals surface area contributed by atoms with E-state index in [0.29, 0.717) is 28.2 Å². The van der Waals surface area contributed by atoms with Crippen LogP contribution in [-0.4, -0.2) is 18.2 Å². The molecule has 1 heterocycles. The van der Waals surface area contributed by atoms with Crippen molar-refractivity contribution in [2.24, 2.45) is 4.99 Å². The van der Waals surface area contributed by atoms with Gasteiger partial charge >= 0.3 is 0 Å².